The highest BCUT2D eigenvalue weighted by molar-refractivity contribution is 5.95. The van der Waals surface area contributed by atoms with Crippen molar-refractivity contribution in [1.29, 1.82) is 0 Å². The van der Waals surface area contributed by atoms with E-state index in [0.717, 1.165) is 0 Å². The summed E-state index contributed by atoms with van der Waals surface area (Å²) in [5.74, 6) is -0.692. The summed E-state index contributed by atoms with van der Waals surface area (Å²) >= 11 is 0. The van der Waals surface area contributed by atoms with Crippen LogP contribution in [0, 0.1) is 5.92 Å². The molecule has 9 heteroatoms. The Bertz CT molecular complexity index is 535. The van der Waals surface area contributed by atoms with Crippen molar-refractivity contribution in [3.8, 4) is 0 Å². The zero-order valence-corrected chi connectivity index (χ0v) is 13.4. The number of esters is 1. The van der Waals surface area contributed by atoms with Gasteiger partial charge in [0.1, 0.15) is 6.54 Å². The van der Waals surface area contributed by atoms with E-state index in [2.05, 4.69) is 20.6 Å². The van der Waals surface area contributed by atoms with E-state index in [1.54, 1.807) is 25.5 Å². The lowest BCUT2D eigenvalue weighted by Crippen LogP contribution is -2.43. The van der Waals surface area contributed by atoms with Crippen molar-refractivity contribution in [2.75, 3.05) is 31.6 Å². The minimum atomic E-state index is -0.696. The third-order valence-electron chi connectivity index (χ3n) is 2.55. The van der Waals surface area contributed by atoms with Crippen molar-refractivity contribution < 1.29 is 19.1 Å². The van der Waals surface area contributed by atoms with Gasteiger partial charge in [-0.05, 0) is 12.0 Å². The normalized spacial score (nSPS) is 10.1. The topological polar surface area (TPSA) is 114 Å². The summed E-state index contributed by atoms with van der Waals surface area (Å²) in [6.45, 7) is 3.66. The number of aromatic nitrogens is 2. The van der Waals surface area contributed by atoms with Crippen LogP contribution in [0.2, 0.25) is 0 Å². The number of carbonyl (C=O) groups is 3. The van der Waals surface area contributed by atoms with Crippen molar-refractivity contribution in [3.05, 3.63) is 18.5 Å². The number of ether oxygens (including phenoxy) is 1. The molecule has 0 spiro atoms. The van der Waals surface area contributed by atoms with E-state index in [-0.39, 0.29) is 12.5 Å². The van der Waals surface area contributed by atoms with E-state index in [1.165, 1.54) is 4.90 Å². The van der Waals surface area contributed by atoms with Gasteiger partial charge in [0.05, 0.1) is 0 Å². The summed E-state index contributed by atoms with van der Waals surface area (Å²) in [6.07, 6.45) is 3.10. The van der Waals surface area contributed by atoms with Crippen LogP contribution in [0.1, 0.15) is 13.8 Å². The molecule has 0 bridgehead atoms. The van der Waals surface area contributed by atoms with E-state index in [1.807, 2.05) is 13.8 Å². The molecule has 0 radical (unpaired) electrons. The molecular weight excluding hydrogens is 302 g/mol. The van der Waals surface area contributed by atoms with Crippen molar-refractivity contribution in [2.24, 2.45) is 5.92 Å². The summed E-state index contributed by atoms with van der Waals surface area (Å²) < 4.78 is 4.79. The Morgan fingerprint density at radius 3 is 2.52 bits per heavy atom. The lowest BCUT2D eigenvalue weighted by molar-refractivity contribution is -0.146. The largest absolute Gasteiger partial charge is 0.454 e. The number of likely N-dealkylation sites (N-methyl/N-ethyl adjacent to an activating group) is 1. The number of nitrogens with one attached hydrogen (secondary N) is 2. The smallest absolute Gasteiger partial charge is 0.326 e. The van der Waals surface area contributed by atoms with Gasteiger partial charge < -0.3 is 15.0 Å². The summed E-state index contributed by atoms with van der Waals surface area (Å²) in [7, 11) is 1.62. The van der Waals surface area contributed by atoms with Gasteiger partial charge in [0, 0.05) is 26.0 Å². The third-order valence-corrected chi connectivity index (χ3v) is 2.55. The van der Waals surface area contributed by atoms with Gasteiger partial charge in [0.15, 0.2) is 6.61 Å². The monoisotopic (exact) mass is 323 g/mol. The standard InChI is InChI=1S/C14H21N5O4/c1-10(2)7-17-14(22)18-11(20)9-23-12(21)8-19(3)13-15-5-4-6-16-13/h4-6,10H,7-9H2,1-3H3,(H2,17,18,20,22). The van der Waals surface area contributed by atoms with Gasteiger partial charge in [-0.25, -0.2) is 14.8 Å². The van der Waals surface area contributed by atoms with Crippen LogP contribution < -0.4 is 15.5 Å². The number of hydrogen-bond donors (Lipinski definition) is 2. The average molecular weight is 323 g/mol. The van der Waals surface area contributed by atoms with Crippen LogP contribution in [-0.4, -0.2) is 54.6 Å². The molecule has 0 saturated heterocycles. The van der Waals surface area contributed by atoms with Gasteiger partial charge in [-0.2, -0.15) is 0 Å². The molecule has 0 unspecified atom stereocenters. The molecule has 126 valence electrons. The molecule has 2 N–H and O–H groups in total. The molecule has 9 nitrogen and oxygen atoms in total. The van der Waals surface area contributed by atoms with Gasteiger partial charge in [-0.15, -0.1) is 0 Å². The molecule has 0 saturated carbocycles. The number of nitrogens with zero attached hydrogens (tertiary/aromatic N) is 3. The third kappa shape index (κ3) is 7.74. The van der Waals surface area contributed by atoms with Gasteiger partial charge in [0.2, 0.25) is 5.95 Å². The maximum absolute atomic E-state index is 11.6. The first-order valence-electron chi connectivity index (χ1n) is 7.10. The minimum absolute atomic E-state index is 0.114. The number of urea groups is 1. The molecular formula is C14H21N5O4. The average Bonchev–Trinajstić information content (AvgIpc) is 2.52. The molecule has 1 aromatic heterocycles. The fourth-order valence-electron chi connectivity index (χ4n) is 1.45. The number of amides is 3. The van der Waals surface area contributed by atoms with Crippen LogP contribution in [0.5, 0.6) is 0 Å². The van der Waals surface area contributed by atoms with Crippen LogP contribution in [-0.2, 0) is 14.3 Å². The van der Waals surface area contributed by atoms with Gasteiger partial charge in [-0.3, -0.25) is 14.9 Å². The second-order valence-electron chi connectivity index (χ2n) is 5.22. The van der Waals surface area contributed by atoms with Gasteiger partial charge in [-0.1, -0.05) is 13.8 Å². The zero-order valence-electron chi connectivity index (χ0n) is 13.4. The lowest BCUT2D eigenvalue weighted by atomic mass is 10.2. The molecule has 3 amide bonds. The van der Waals surface area contributed by atoms with Crippen LogP contribution in [0.25, 0.3) is 0 Å². The molecule has 1 aromatic rings. The molecule has 0 fully saturated rings. The predicted molar refractivity (Wildman–Crippen MR) is 82.6 cm³/mol. The zero-order chi connectivity index (χ0) is 17.2. The van der Waals surface area contributed by atoms with E-state index in [4.69, 9.17) is 4.74 Å². The fourth-order valence-corrected chi connectivity index (χ4v) is 1.45. The quantitative estimate of drug-likeness (QED) is 0.676. The number of hydrogen-bond acceptors (Lipinski definition) is 7. The number of carbonyl (C=O) groups excluding carboxylic acids is 3. The summed E-state index contributed by atoms with van der Waals surface area (Å²) in [5, 5.41) is 4.59. The molecule has 0 atom stereocenters. The Hall–Kier alpha value is -2.71. The number of anilines is 1. The maximum atomic E-state index is 11.6. The first-order chi connectivity index (χ1) is 10.9. The Kier molecular flexibility index (Phi) is 7.44. The lowest BCUT2D eigenvalue weighted by Gasteiger charge is -2.15. The number of imide groups is 1. The Morgan fingerprint density at radius 1 is 1.26 bits per heavy atom. The molecule has 1 rings (SSSR count). The maximum Gasteiger partial charge on any atom is 0.326 e. The first-order valence-corrected chi connectivity index (χ1v) is 7.10. The van der Waals surface area contributed by atoms with Crippen LogP contribution >= 0.6 is 0 Å². The van der Waals surface area contributed by atoms with Crippen molar-refractivity contribution >= 4 is 23.9 Å². The predicted octanol–water partition coefficient (Wildman–Crippen LogP) is -0.0622. The van der Waals surface area contributed by atoms with E-state index >= 15 is 0 Å². The van der Waals surface area contributed by atoms with Crippen molar-refractivity contribution in [3.63, 3.8) is 0 Å². The molecule has 23 heavy (non-hydrogen) atoms. The Balaban J connectivity index is 2.27. The SMILES string of the molecule is CC(C)CNC(=O)NC(=O)COC(=O)CN(C)c1ncccn1. The Labute approximate surface area is 134 Å². The fraction of sp³-hybridized carbons (Fsp3) is 0.500. The van der Waals surface area contributed by atoms with Gasteiger partial charge in [0.25, 0.3) is 5.91 Å². The van der Waals surface area contributed by atoms with Gasteiger partial charge >= 0.3 is 12.0 Å². The van der Waals surface area contributed by atoms with E-state index in [9.17, 15) is 14.4 Å². The van der Waals surface area contributed by atoms with Crippen molar-refractivity contribution in [2.45, 2.75) is 13.8 Å². The highest BCUT2D eigenvalue weighted by atomic mass is 16.5. The summed E-state index contributed by atoms with van der Waals surface area (Å²) in [6, 6.07) is 1.04. The summed E-state index contributed by atoms with van der Waals surface area (Å²) in [4.78, 5) is 43.9. The van der Waals surface area contributed by atoms with E-state index < -0.39 is 24.5 Å². The molecule has 0 aliphatic carbocycles. The Morgan fingerprint density at radius 2 is 1.91 bits per heavy atom. The van der Waals surface area contributed by atoms with Crippen molar-refractivity contribution in [1.82, 2.24) is 20.6 Å². The first kappa shape index (κ1) is 18.3. The van der Waals surface area contributed by atoms with Crippen LogP contribution in [0.15, 0.2) is 18.5 Å². The molecule has 0 aromatic carbocycles. The minimum Gasteiger partial charge on any atom is -0.454 e. The molecule has 0 aliphatic rings. The highest BCUT2D eigenvalue weighted by Gasteiger charge is 2.13. The molecule has 1 heterocycles. The second-order valence-corrected chi connectivity index (χ2v) is 5.22. The van der Waals surface area contributed by atoms with Crippen LogP contribution in [0.4, 0.5) is 10.7 Å². The molecule has 0 aliphatic heterocycles. The second kappa shape index (κ2) is 9.34. The van der Waals surface area contributed by atoms with E-state index in [0.29, 0.717) is 12.5 Å². The number of rotatable bonds is 7. The highest BCUT2D eigenvalue weighted by Crippen LogP contribution is 2.01. The van der Waals surface area contributed by atoms with Crippen LogP contribution in [0.3, 0.4) is 0 Å². The summed E-state index contributed by atoms with van der Waals surface area (Å²) in [5.41, 5.74) is 0.